The summed E-state index contributed by atoms with van der Waals surface area (Å²) >= 11 is 0. The van der Waals surface area contributed by atoms with E-state index in [9.17, 15) is 9.18 Å². The predicted molar refractivity (Wildman–Crippen MR) is 76.5 cm³/mol. The van der Waals surface area contributed by atoms with E-state index in [1.807, 2.05) is 0 Å². The average Bonchev–Trinajstić information content (AvgIpc) is 2.71. The maximum Gasteiger partial charge on any atom is 0.238 e. The zero-order valence-corrected chi connectivity index (χ0v) is 12.2. The van der Waals surface area contributed by atoms with Crippen molar-refractivity contribution in [2.24, 2.45) is 0 Å². The molecule has 116 valence electrons. The first-order valence-corrected chi connectivity index (χ1v) is 7.57. The SMILES string of the molecule is O=C(NCc1cnn(CCF)c1)C1CN2CCCN1CC2. The molecule has 3 atom stereocenters. The van der Waals surface area contributed by atoms with Gasteiger partial charge in [0, 0.05) is 44.5 Å². The van der Waals surface area contributed by atoms with Crippen LogP contribution in [-0.4, -0.2) is 70.9 Å². The van der Waals surface area contributed by atoms with Gasteiger partial charge in [0.1, 0.15) is 12.7 Å². The minimum Gasteiger partial charge on any atom is -0.350 e. The number of nitrogens with one attached hydrogen (secondary N) is 1. The van der Waals surface area contributed by atoms with Crippen molar-refractivity contribution in [1.29, 1.82) is 0 Å². The summed E-state index contributed by atoms with van der Waals surface area (Å²) in [6.45, 7) is 5.26. The van der Waals surface area contributed by atoms with Crippen molar-refractivity contribution in [1.82, 2.24) is 24.9 Å². The van der Waals surface area contributed by atoms with Gasteiger partial charge in [-0.3, -0.25) is 19.3 Å². The van der Waals surface area contributed by atoms with Crippen LogP contribution in [0.5, 0.6) is 0 Å². The number of fused-ring (bicyclic) bond motifs is 4. The lowest BCUT2D eigenvalue weighted by molar-refractivity contribution is -0.128. The summed E-state index contributed by atoms with van der Waals surface area (Å²) in [6, 6.07) is -0.0397. The van der Waals surface area contributed by atoms with E-state index in [2.05, 4.69) is 20.2 Å². The second-order valence-corrected chi connectivity index (χ2v) is 5.72. The monoisotopic (exact) mass is 295 g/mol. The van der Waals surface area contributed by atoms with Crippen molar-refractivity contribution in [3.05, 3.63) is 18.0 Å². The van der Waals surface area contributed by atoms with Crippen LogP contribution in [0.3, 0.4) is 0 Å². The zero-order chi connectivity index (χ0) is 14.7. The second kappa shape index (κ2) is 6.53. The molecular formula is C14H22FN5O. The van der Waals surface area contributed by atoms with E-state index in [1.165, 1.54) is 0 Å². The molecule has 0 saturated carbocycles. The Morgan fingerprint density at radius 3 is 3.14 bits per heavy atom. The number of carbonyl (C=O) groups excluding carboxylic acids is 1. The van der Waals surface area contributed by atoms with Gasteiger partial charge in [0.05, 0.1) is 12.7 Å². The summed E-state index contributed by atoms with van der Waals surface area (Å²) in [6.07, 6.45) is 4.60. The molecule has 0 aromatic carbocycles. The summed E-state index contributed by atoms with van der Waals surface area (Å²) in [7, 11) is 0. The standard InChI is InChI=1S/C14H22FN5O/c15-2-5-20-10-12(9-17-20)8-16-14(21)13-11-18-3-1-4-19(13)7-6-18/h9-10,13H,1-8,11H2,(H,16,21). The van der Waals surface area contributed by atoms with Crippen molar-refractivity contribution in [2.75, 3.05) is 39.4 Å². The Kier molecular flexibility index (Phi) is 4.50. The van der Waals surface area contributed by atoms with E-state index in [0.29, 0.717) is 6.54 Å². The molecule has 1 aromatic heterocycles. The molecule has 3 fully saturated rings. The highest BCUT2D eigenvalue weighted by Gasteiger charge is 2.34. The highest BCUT2D eigenvalue weighted by Crippen LogP contribution is 2.15. The Balaban J connectivity index is 1.53. The van der Waals surface area contributed by atoms with Gasteiger partial charge in [-0.15, -0.1) is 0 Å². The van der Waals surface area contributed by atoms with Gasteiger partial charge in [-0.2, -0.15) is 5.10 Å². The van der Waals surface area contributed by atoms with Crippen LogP contribution in [0.1, 0.15) is 12.0 Å². The lowest BCUT2D eigenvalue weighted by atomic mass is 10.1. The first kappa shape index (κ1) is 14.5. The third kappa shape index (κ3) is 3.41. The number of alkyl halides is 1. The highest BCUT2D eigenvalue weighted by atomic mass is 19.1. The molecule has 4 heterocycles. The lowest BCUT2D eigenvalue weighted by Crippen LogP contribution is -2.56. The zero-order valence-electron chi connectivity index (χ0n) is 12.2. The molecule has 3 saturated heterocycles. The molecule has 3 aliphatic rings. The number of nitrogens with zero attached hydrogens (tertiary/aromatic N) is 4. The third-order valence-corrected chi connectivity index (χ3v) is 4.26. The number of aryl methyl sites for hydroxylation is 1. The minimum atomic E-state index is -0.430. The summed E-state index contributed by atoms with van der Waals surface area (Å²) in [5, 5.41) is 7.04. The van der Waals surface area contributed by atoms with E-state index in [4.69, 9.17) is 0 Å². The molecule has 1 aromatic rings. The summed E-state index contributed by atoms with van der Waals surface area (Å²) in [5.41, 5.74) is 0.908. The maximum atomic E-state index is 12.4. The smallest absolute Gasteiger partial charge is 0.238 e. The number of piperazine rings is 1. The lowest BCUT2D eigenvalue weighted by Gasteiger charge is -2.36. The van der Waals surface area contributed by atoms with E-state index in [-0.39, 0.29) is 18.5 Å². The van der Waals surface area contributed by atoms with Crippen molar-refractivity contribution in [2.45, 2.75) is 25.6 Å². The van der Waals surface area contributed by atoms with Gasteiger partial charge < -0.3 is 5.32 Å². The third-order valence-electron chi connectivity index (χ3n) is 4.26. The fraction of sp³-hybridized carbons (Fsp3) is 0.714. The number of halogens is 1. The van der Waals surface area contributed by atoms with Gasteiger partial charge in [-0.25, -0.2) is 4.39 Å². The summed E-state index contributed by atoms with van der Waals surface area (Å²) in [5.74, 6) is 0.0832. The Labute approximate surface area is 123 Å². The van der Waals surface area contributed by atoms with Crippen LogP contribution in [0.15, 0.2) is 12.4 Å². The second-order valence-electron chi connectivity index (χ2n) is 5.72. The molecule has 1 amide bonds. The molecule has 4 rings (SSSR count). The maximum absolute atomic E-state index is 12.4. The minimum absolute atomic E-state index is 0.0397. The topological polar surface area (TPSA) is 53.4 Å². The van der Waals surface area contributed by atoms with Crippen molar-refractivity contribution < 1.29 is 9.18 Å². The Hall–Kier alpha value is -1.47. The highest BCUT2D eigenvalue weighted by molar-refractivity contribution is 5.82. The van der Waals surface area contributed by atoms with Crippen LogP contribution in [0.4, 0.5) is 4.39 Å². The number of aromatic nitrogens is 2. The van der Waals surface area contributed by atoms with E-state index >= 15 is 0 Å². The molecule has 0 spiro atoms. The van der Waals surface area contributed by atoms with Crippen LogP contribution in [-0.2, 0) is 17.9 Å². The van der Waals surface area contributed by atoms with Gasteiger partial charge in [0.2, 0.25) is 5.91 Å². The Morgan fingerprint density at radius 2 is 2.29 bits per heavy atom. The normalized spacial score (nSPS) is 28.3. The number of hydrogen-bond donors (Lipinski definition) is 1. The van der Waals surface area contributed by atoms with Crippen LogP contribution in [0, 0.1) is 0 Å². The number of rotatable bonds is 5. The van der Waals surface area contributed by atoms with Gasteiger partial charge in [-0.1, -0.05) is 0 Å². The fourth-order valence-corrected chi connectivity index (χ4v) is 3.11. The number of amides is 1. The van der Waals surface area contributed by atoms with Crippen LogP contribution in [0.2, 0.25) is 0 Å². The van der Waals surface area contributed by atoms with Crippen LogP contribution in [0.25, 0.3) is 0 Å². The van der Waals surface area contributed by atoms with Crippen LogP contribution < -0.4 is 5.32 Å². The molecule has 0 aliphatic carbocycles. The van der Waals surface area contributed by atoms with E-state index < -0.39 is 6.67 Å². The summed E-state index contributed by atoms with van der Waals surface area (Å²) in [4.78, 5) is 17.0. The molecule has 3 unspecified atom stereocenters. The molecule has 7 heteroatoms. The fourth-order valence-electron chi connectivity index (χ4n) is 3.11. The Morgan fingerprint density at radius 1 is 1.38 bits per heavy atom. The average molecular weight is 295 g/mol. The molecule has 21 heavy (non-hydrogen) atoms. The summed E-state index contributed by atoms with van der Waals surface area (Å²) < 4.78 is 13.8. The molecule has 2 bridgehead atoms. The molecular weight excluding hydrogens is 273 g/mol. The van der Waals surface area contributed by atoms with E-state index in [0.717, 1.165) is 44.7 Å². The van der Waals surface area contributed by atoms with Gasteiger partial charge in [-0.05, 0) is 13.0 Å². The first-order chi connectivity index (χ1) is 10.3. The number of hydrogen-bond acceptors (Lipinski definition) is 4. The number of carbonyl (C=O) groups is 1. The van der Waals surface area contributed by atoms with Crippen LogP contribution >= 0.6 is 0 Å². The predicted octanol–water partition coefficient (Wildman–Crippen LogP) is -0.141. The largest absolute Gasteiger partial charge is 0.350 e. The van der Waals surface area contributed by atoms with Crippen molar-refractivity contribution in [3.8, 4) is 0 Å². The first-order valence-electron chi connectivity index (χ1n) is 7.57. The van der Waals surface area contributed by atoms with Gasteiger partial charge >= 0.3 is 0 Å². The van der Waals surface area contributed by atoms with Gasteiger partial charge in [0.25, 0.3) is 0 Å². The Bertz CT molecular complexity index is 487. The van der Waals surface area contributed by atoms with Crippen molar-refractivity contribution in [3.63, 3.8) is 0 Å². The molecule has 6 nitrogen and oxygen atoms in total. The van der Waals surface area contributed by atoms with E-state index in [1.54, 1.807) is 17.1 Å². The van der Waals surface area contributed by atoms with Crippen molar-refractivity contribution >= 4 is 5.91 Å². The quantitative estimate of drug-likeness (QED) is 0.821. The molecule has 1 N–H and O–H groups in total. The molecule has 0 radical (unpaired) electrons. The van der Waals surface area contributed by atoms with Gasteiger partial charge in [0.15, 0.2) is 0 Å². The molecule has 3 aliphatic heterocycles.